The molecule has 5 nitrogen and oxygen atoms in total. The summed E-state index contributed by atoms with van der Waals surface area (Å²) in [5.74, 6) is 1.27. The molecule has 0 saturated heterocycles. The van der Waals surface area contributed by atoms with Gasteiger partial charge in [0.15, 0.2) is 5.96 Å². The zero-order valence-electron chi connectivity index (χ0n) is 16.9. The minimum Gasteiger partial charge on any atom is -0.379 e. The van der Waals surface area contributed by atoms with Crippen LogP contribution in [0.5, 0.6) is 0 Å². The minimum absolute atomic E-state index is 0. The minimum atomic E-state index is 0. The molecule has 2 N–H and O–H groups in total. The number of benzene rings is 1. The van der Waals surface area contributed by atoms with Crippen molar-refractivity contribution in [3.8, 4) is 0 Å². The van der Waals surface area contributed by atoms with Gasteiger partial charge in [0.2, 0.25) is 0 Å². The molecular weight excluding hydrogens is 485 g/mol. The smallest absolute Gasteiger partial charge is 0.191 e. The molecule has 0 radical (unpaired) electrons. The van der Waals surface area contributed by atoms with Crippen LogP contribution < -0.4 is 10.6 Å². The highest BCUT2D eigenvalue weighted by molar-refractivity contribution is 14.0. The lowest BCUT2D eigenvalue weighted by Crippen LogP contribution is -2.38. The van der Waals surface area contributed by atoms with E-state index in [0.717, 1.165) is 25.7 Å². The van der Waals surface area contributed by atoms with Gasteiger partial charge in [0.1, 0.15) is 0 Å². The Bertz CT molecular complexity index is 680. The summed E-state index contributed by atoms with van der Waals surface area (Å²) < 4.78 is 10.9. The van der Waals surface area contributed by atoms with Crippen LogP contribution in [0.25, 0.3) is 0 Å². The zero-order valence-corrected chi connectivity index (χ0v) is 20.1. The van der Waals surface area contributed by atoms with Crippen LogP contribution in [0, 0.1) is 0 Å². The second-order valence-electron chi connectivity index (χ2n) is 6.33. The van der Waals surface area contributed by atoms with Gasteiger partial charge in [-0.15, -0.1) is 24.0 Å². The van der Waals surface area contributed by atoms with E-state index in [1.54, 1.807) is 18.4 Å². The average molecular weight is 517 g/mol. The predicted octanol–water partition coefficient (Wildman–Crippen LogP) is 4.39. The average Bonchev–Trinajstić information content (AvgIpc) is 3.23. The summed E-state index contributed by atoms with van der Waals surface area (Å²) in [7, 11) is 1.80. The molecule has 7 heteroatoms. The molecule has 0 aliphatic carbocycles. The Kier molecular flexibility index (Phi) is 13.1. The van der Waals surface area contributed by atoms with Gasteiger partial charge in [-0.05, 0) is 46.4 Å². The van der Waals surface area contributed by atoms with Gasteiger partial charge in [0, 0.05) is 26.7 Å². The molecule has 0 aliphatic rings. The second-order valence-corrected chi connectivity index (χ2v) is 7.11. The number of thiophene rings is 1. The molecule has 1 aromatic carbocycles. The molecular formula is C21H32IN3O2S. The van der Waals surface area contributed by atoms with E-state index < -0.39 is 0 Å². The lowest BCUT2D eigenvalue weighted by atomic mass is 10.1. The van der Waals surface area contributed by atoms with E-state index in [9.17, 15) is 0 Å². The van der Waals surface area contributed by atoms with E-state index >= 15 is 0 Å². The van der Waals surface area contributed by atoms with Crippen molar-refractivity contribution in [3.63, 3.8) is 0 Å². The Balaban J connectivity index is 0.00000392. The Morgan fingerprint density at radius 3 is 2.64 bits per heavy atom. The van der Waals surface area contributed by atoms with Gasteiger partial charge in [0.05, 0.1) is 19.8 Å². The highest BCUT2D eigenvalue weighted by Crippen LogP contribution is 2.17. The summed E-state index contributed by atoms with van der Waals surface area (Å²) in [5.41, 5.74) is 3.73. The van der Waals surface area contributed by atoms with E-state index in [2.05, 4.69) is 63.6 Å². The van der Waals surface area contributed by atoms with Crippen molar-refractivity contribution in [1.29, 1.82) is 0 Å². The number of ether oxygens (including phenoxy) is 2. The lowest BCUT2D eigenvalue weighted by Gasteiger charge is -2.16. The van der Waals surface area contributed by atoms with Gasteiger partial charge in [-0.1, -0.05) is 31.2 Å². The van der Waals surface area contributed by atoms with Crippen molar-refractivity contribution in [2.75, 3.05) is 33.4 Å². The fourth-order valence-electron chi connectivity index (χ4n) is 2.61. The molecule has 0 fully saturated rings. The first-order valence-corrected chi connectivity index (χ1v) is 10.4. The van der Waals surface area contributed by atoms with Gasteiger partial charge in [-0.2, -0.15) is 11.3 Å². The Labute approximate surface area is 190 Å². The zero-order chi connectivity index (χ0) is 19.3. The largest absolute Gasteiger partial charge is 0.379 e. The van der Waals surface area contributed by atoms with Gasteiger partial charge >= 0.3 is 0 Å². The molecule has 1 unspecified atom stereocenters. The van der Waals surface area contributed by atoms with Crippen LogP contribution in [-0.4, -0.2) is 39.4 Å². The number of hydrogen-bond donors (Lipinski definition) is 2. The number of hydrogen-bond acceptors (Lipinski definition) is 4. The van der Waals surface area contributed by atoms with Crippen molar-refractivity contribution in [2.24, 2.45) is 4.99 Å². The maximum Gasteiger partial charge on any atom is 0.191 e. The van der Waals surface area contributed by atoms with Crippen LogP contribution in [0.3, 0.4) is 0 Å². The SMILES string of the molecule is CCOCCOCc1cccc(CNC(=NC)NCC(C)c2ccsc2)c1.I. The first-order chi connectivity index (χ1) is 13.2. The third kappa shape index (κ3) is 9.36. The van der Waals surface area contributed by atoms with Gasteiger partial charge in [0.25, 0.3) is 0 Å². The van der Waals surface area contributed by atoms with Crippen LogP contribution in [-0.2, 0) is 22.6 Å². The summed E-state index contributed by atoms with van der Waals surface area (Å²) in [6, 6.07) is 10.6. The van der Waals surface area contributed by atoms with E-state index in [1.165, 1.54) is 16.7 Å². The Morgan fingerprint density at radius 2 is 1.93 bits per heavy atom. The predicted molar refractivity (Wildman–Crippen MR) is 129 cm³/mol. The Morgan fingerprint density at radius 1 is 1.14 bits per heavy atom. The first-order valence-electron chi connectivity index (χ1n) is 9.42. The molecule has 0 spiro atoms. The normalized spacial score (nSPS) is 12.3. The molecule has 2 rings (SSSR count). The molecule has 1 atom stereocenters. The molecule has 0 amide bonds. The third-order valence-electron chi connectivity index (χ3n) is 4.21. The molecule has 0 bridgehead atoms. The van der Waals surface area contributed by atoms with Crippen LogP contribution in [0.1, 0.15) is 36.5 Å². The highest BCUT2D eigenvalue weighted by atomic mass is 127. The molecule has 0 saturated carbocycles. The van der Waals surface area contributed by atoms with E-state index in [-0.39, 0.29) is 24.0 Å². The summed E-state index contributed by atoms with van der Waals surface area (Å²) in [4.78, 5) is 4.32. The van der Waals surface area contributed by atoms with Crippen LogP contribution in [0.4, 0.5) is 0 Å². The summed E-state index contributed by atoms with van der Waals surface area (Å²) in [5, 5.41) is 11.1. The molecule has 156 valence electrons. The standard InChI is InChI=1S/C21H31N3O2S.HI/c1-4-25-9-10-26-15-19-7-5-6-18(12-19)14-24-21(22-3)23-13-17(2)20-8-11-27-16-20;/h5-8,11-12,16-17H,4,9-10,13-15H2,1-3H3,(H2,22,23,24);1H. The second kappa shape index (κ2) is 14.8. The van der Waals surface area contributed by atoms with Crippen LogP contribution >= 0.6 is 35.3 Å². The Hall–Kier alpha value is -1.16. The van der Waals surface area contributed by atoms with Gasteiger partial charge in [-0.25, -0.2) is 0 Å². The number of aliphatic imine (C=N–C) groups is 1. The maximum atomic E-state index is 5.64. The van der Waals surface area contributed by atoms with E-state index in [4.69, 9.17) is 9.47 Å². The first kappa shape index (κ1) is 24.9. The van der Waals surface area contributed by atoms with Crippen molar-refractivity contribution in [3.05, 3.63) is 57.8 Å². The number of halogens is 1. The maximum absolute atomic E-state index is 5.64. The summed E-state index contributed by atoms with van der Waals surface area (Å²) in [6.07, 6.45) is 0. The van der Waals surface area contributed by atoms with Crippen molar-refractivity contribution >= 4 is 41.3 Å². The van der Waals surface area contributed by atoms with Crippen LogP contribution in [0.15, 0.2) is 46.1 Å². The van der Waals surface area contributed by atoms with Gasteiger partial charge in [-0.3, -0.25) is 4.99 Å². The number of nitrogens with one attached hydrogen (secondary N) is 2. The highest BCUT2D eigenvalue weighted by Gasteiger charge is 2.07. The molecule has 1 aromatic heterocycles. The number of nitrogens with zero attached hydrogens (tertiary/aromatic N) is 1. The molecule has 2 aromatic rings. The molecule has 1 heterocycles. The van der Waals surface area contributed by atoms with E-state index in [1.807, 2.05) is 6.92 Å². The van der Waals surface area contributed by atoms with Crippen LogP contribution in [0.2, 0.25) is 0 Å². The molecule has 28 heavy (non-hydrogen) atoms. The van der Waals surface area contributed by atoms with Crippen molar-refractivity contribution < 1.29 is 9.47 Å². The quantitative estimate of drug-likeness (QED) is 0.201. The third-order valence-corrected chi connectivity index (χ3v) is 4.91. The van der Waals surface area contributed by atoms with E-state index in [0.29, 0.717) is 25.7 Å². The number of rotatable bonds is 11. The van der Waals surface area contributed by atoms with Crippen molar-refractivity contribution in [1.82, 2.24) is 10.6 Å². The monoisotopic (exact) mass is 517 g/mol. The number of guanidine groups is 1. The summed E-state index contributed by atoms with van der Waals surface area (Å²) in [6.45, 7) is 8.37. The molecule has 0 aliphatic heterocycles. The van der Waals surface area contributed by atoms with Crippen molar-refractivity contribution in [2.45, 2.75) is 32.9 Å². The fourth-order valence-corrected chi connectivity index (χ4v) is 3.39. The summed E-state index contributed by atoms with van der Waals surface area (Å²) >= 11 is 1.74. The lowest BCUT2D eigenvalue weighted by molar-refractivity contribution is 0.0453. The fraction of sp³-hybridized carbons (Fsp3) is 0.476. The topological polar surface area (TPSA) is 54.9 Å². The van der Waals surface area contributed by atoms with Gasteiger partial charge < -0.3 is 20.1 Å².